The van der Waals surface area contributed by atoms with Gasteiger partial charge in [0.25, 0.3) is 0 Å². The molecule has 16 heavy (non-hydrogen) atoms. The Hall–Kier alpha value is -1.95. The number of rotatable bonds is 3. The highest BCUT2D eigenvalue weighted by Crippen LogP contribution is 2.17. The number of nitrogens with two attached hydrogens (primary N) is 1. The summed E-state index contributed by atoms with van der Waals surface area (Å²) in [6, 6.07) is 5.33. The molecular weight excluding hydrogens is 208 g/mol. The fourth-order valence-corrected chi connectivity index (χ4v) is 1.67. The molecule has 84 valence electrons. The smallest absolute Gasteiger partial charge is 0.313 e. The molecule has 1 atom stereocenters. The van der Waals surface area contributed by atoms with Crippen LogP contribution in [0.3, 0.4) is 0 Å². The molecule has 3 N–H and O–H groups in total. The molecule has 2 aromatic rings. The van der Waals surface area contributed by atoms with Gasteiger partial charge in [0.15, 0.2) is 0 Å². The van der Waals surface area contributed by atoms with Crippen molar-refractivity contribution in [3.8, 4) is 0 Å². The highest BCUT2D eigenvalue weighted by Gasteiger charge is 2.21. The Morgan fingerprint density at radius 3 is 3.00 bits per heavy atom. The number of aliphatic carboxylic acids is 1. The van der Waals surface area contributed by atoms with Crippen LogP contribution in [0.4, 0.5) is 0 Å². The number of aromatic nitrogens is 3. The minimum Gasteiger partial charge on any atom is -0.481 e. The summed E-state index contributed by atoms with van der Waals surface area (Å²) in [5.41, 5.74) is 7.58. The van der Waals surface area contributed by atoms with E-state index in [1.165, 1.54) is 4.52 Å². The van der Waals surface area contributed by atoms with Crippen molar-refractivity contribution in [1.29, 1.82) is 0 Å². The van der Waals surface area contributed by atoms with Crippen LogP contribution in [0.15, 0.2) is 18.2 Å². The number of carboxylic acids is 1. The van der Waals surface area contributed by atoms with E-state index in [-0.39, 0.29) is 6.54 Å². The van der Waals surface area contributed by atoms with E-state index >= 15 is 0 Å². The van der Waals surface area contributed by atoms with Gasteiger partial charge in [0, 0.05) is 6.54 Å². The molecule has 0 fully saturated rings. The van der Waals surface area contributed by atoms with E-state index in [1.807, 2.05) is 13.0 Å². The number of pyridine rings is 1. The Bertz CT molecular complexity index is 535. The van der Waals surface area contributed by atoms with E-state index in [0.717, 1.165) is 11.2 Å². The van der Waals surface area contributed by atoms with Crippen LogP contribution in [-0.4, -0.2) is 32.4 Å². The van der Waals surface area contributed by atoms with Gasteiger partial charge in [-0.1, -0.05) is 11.3 Å². The van der Waals surface area contributed by atoms with Crippen LogP contribution >= 0.6 is 0 Å². The summed E-state index contributed by atoms with van der Waals surface area (Å²) >= 11 is 0. The summed E-state index contributed by atoms with van der Waals surface area (Å²) < 4.78 is 1.53. The van der Waals surface area contributed by atoms with Gasteiger partial charge in [0.05, 0.1) is 16.9 Å². The summed E-state index contributed by atoms with van der Waals surface area (Å²) in [6.07, 6.45) is 0. The van der Waals surface area contributed by atoms with Crippen molar-refractivity contribution in [2.45, 2.75) is 12.8 Å². The molecule has 2 aromatic heterocycles. The van der Waals surface area contributed by atoms with E-state index in [2.05, 4.69) is 10.3 Å². The first-order valence-corrected chi connectivity index (χ1v) is 4.89. The minimum absolute atomic E-state index is 0.0351. The van der Waals surface area contributed by atoms with Crippen LogP contribution in [0.2, 0.25) is 0 Å². The minimum atomic E-state index is -0.955. The summed E-state index contributed by atoms with van der Waals surface area (Å²) in [7, 11) is 0. The predicted octanol–water partition coefficient (Wildman–Crippen LogP) is 0.165. The molecule has 2 heterocycles. The number of hydrogen-bond acceptors (Lipinski definition) is 4. The van der Waals surface area contributed by atoms with E-state index in [9.17, 15) is 4.79 Å². The first kappa shape index (κ1) is 10.6. The normalized spacial score (nSPS) is 12.9. The van der Waals surface area contributed by atoms with Crippen LogP contribution in [-0.2, 0) is 4.79 Å². The monoisotopic (exact) mass is 220 g/mol. The Balaban J connectivity index is 2.63. The van der Waals surface area contributed by atoms with E-state index in [4.69, 9.17) is 10.8 Å². The average Bonchev–Trinajstić information content (AvgIpc) is 2.62. The van der Waals surface area contributed by atoms with Crippen LogP contribution < -0.4 is 5.73 Å². The van der Waals surface area contributed by atoms with Gasteiger partial charge in [-0.15, -0.1) is 5.10 Å². The van der Waals surface area contributed by atoms with Gasteiger partial charge in [-0.3, -0.25) is 4.79 Å². The van der Waals surface area contributed by atoms with E-state index in [1.54, 1.807) is 12.1 Å². The zero-order valence-corrected chi connectivity index (χ0v) is 8.79. The van der Waals surface area contributed by atoms with Crippen LogP contribution in [0, 0.1) is 6.92 Å². The quantitative estimate of drug-likeness (QED) is 0.768. The lowest BCUT2D eigenvalue weighted by Gasteiger charge is -2.10. The van der Waals surface area contributed by atoms with Crippen molar-refractivity contribution in [3.05, 3.63) is 29.6 Å². The zero-order chi connectivity index (χ0) is 11.7. The second kappa shape index (κ2) is 3.90. The van der Waals surface area contributed by atoms with Crippen molar-refractivity contribution < 1.29 is 9.90 Å². The number of carboxylic acid groups (broad SMARTS) is 1. The van der Waals surface area contributed by atoms with Crippen molar-refractivity contribution >= 4 is 11.5 Å². The third-order valence-corrected chi connectivity index (χ3v) is 2.54. The number of fused-ring (bicyclic) bond motifs is 1. The van der Waals surface area contributed by atoms with Gasteiger partial charge in [0.2, 0.25) is 0 Å². The number of aryl methyl sites for hydroxylation is 1. The molecule has 0 aliphatic heterocycles. The summed E-state index contributed by atoms with van der Waals surface area (Å²) in [4.78, 5) is 11.0. The molecule has 0 saturated heterocycles. The van der Waals surface area contributed by atoms with Gasteiger partial charge < -0.3 is 10.8 Å². The highest BCUT2D eigenvalue weighted by atomic mass is 16.4. The van der Waals surface area contributed by atoms with Gasteiger partial charge in [-0.25, -0.2) is 4.52 Å². The molecule has 0 aromatic carbocycles. The van der Waals surface area contributed by atoms with Gasteiger partial charge >= 0.3 is 5.97 Å². The van der Waals surface area contributed by atoms with Crippen LogP contribution in [0.5, 0.6) is 0 Å². The molecule has 0 radical (unpaired) electrons. The molecule has 0 aliphatic carbocycles. The average molecular weight is 220 g/mol. The van der Waals surface area contributed by atoms with Crippen molar-refractivity contribution in [2.24, 2.45) is 5.73 Å². The first-order valence-electron chi connectivity index (χ1n) is 4.89. The maximum absolute atomic E-state index is 11.0. The lowest BCUT2D eigenvalue weighted by atomic mass is 10.1. The van der Waals surface area contributed by atoms with E-state index in [0.29, 0.717) is 5.69 Å². The van der Waals surface area contributed by atoms with E-state index < -0.39 is 11.9 Å². The summed E-state index contributed by atoms with van der Waals surface area (Å²) in [5, 5.41) is 16.9. The fourth-order valence-electron chi connectivity index (χ4n) is 1.67. The standard InChI is InChI=1S/C10H12N4O2/c1-6-8-3-2-4-9(14(8)13-12-6)7(5-11)10(15)16/h2-4,7H,5,11H2,1H3,(H,15,16). The largest absolute Gasteiger partial charge is 0.481 e. The van der Waals surface area contributed by atoms with Gasteiger partial charge in [0.1, 0.15) is 5.92 Å². The molecule has 0 aliphatic rings. The number of hydrogen-bond donors (Lipinski definition) is 2. The predicted molar refractivity (Wildman–Crippen MR) is 57.2 cm³/mol. The third kappa shape index (κ3) is 1.53. The zero-order valence-electron chi connectivity index (χ0n) is 8.79. The first-order chi connectivity index (χ1) is 7.65. The fraction of sp³-hybridized carbons (Fsp3) is 0.300. The van der Waals surface area contributed by atoms with Crippen molar-refractivity contribution in [2.75, 3.05) is 6.54 Å². The SMILES string of the molecule is Cc1nnn2c(C(CN)C(=O)O)cccc12. The summed E-state index contributed by atoms with van der Waals surface area (Å²) in [6.45, 7) is 1.86. The molecular formula is C10H12N4O2. The third-order valence-electron chi connectivity index (χ3n) is 2.54. The molecule has 2 rings (SSSR count). The molecule has 0 spiro atoms. The maximum Gasteiger partial charge on any atom is 0.313 e. The van der Waals surface area contributed by atoms with Gasteiger partial charge in [-0.05, 0) is 19.1 Å². The van der Waals surface area contributed by atoms with Crippen LogP contribution in [0.1, 0.15) is 17.3 Å². The van der Waals surface area contributed by atoms with Crippen molar-refractivity contribution in [1.82, 2.24) is 14.8 Å². The molecule has 6 heteroatoms. The van der Waals surface area contributed by atoms with Gasteiger partial charge in [-0.2, -0.15) is 0 Å². The topological polar surface area (TPSA) is 93.5 Å². The lowest BCUT2D eigenvalue weighted by Crippen LogP contribution is -2.23. The Morgan fingerprint density at radius 2 is 2.38 bits per heavy atom. The Morgan fingerprint density at radius 1 is 1.62 bits per heavy atom. The molecule has 6 nitrogen and oxygen atoms in total. The lowest BCUT2D eigenvalue weighted by molar-refractivity contribution is -0.138. The maximum atomic E-state index is 11.0. The Kier molecular flexibility index (Phi) is 2.57. The second-order valence-electron chi connectivity index (χ2n) is 3.55. The molecule has 0 saturated carbocycles. The molecule has 1 unspecified atom stereocenters. The van der Waals surface area contributed by atoms with Crippen LogP contribution in [0.25, 0.3) is 5.52 Å². The summed E-state index contributed by atoms with van der Waals surface area (Å²) in [5.74, 6) is -1.71. The number of nitrogens with zero attached hydrogens (tertiary/aromatic N) is 3. The molecule has 0 amide bonds. The van der Waals surface area contributed by atoms with Crippen molar-refractivity contribution in [3.63, 3.8) is 0 Å². The highest BCUT2D eigenvalue weighted by molar-refractivity contribution is 5.76. The Labute approximate surface area is 91.7 Å². The number of carbonyl (C=O) groups is 1. The second-order valence-corrected chi connectivity index (χ2v) is 3.55. The molecule has 0 bridgehead atoms.